The minimum absolute atomic E-state index is 0.00859. The van der Waals surface area contributed by atoms with Crippen LogP contribution in [0.2, 0.25) is 0 Å². The average Bonchev–Trinajstić information content (AvgIpc) is 3.60. The van der Waals surface area contributed by atoms with Gasteiger partial charge >= 0.3 is 0 Å². The highest BCUT2D eigenvalue weighted by atomic mass is 32.2. The van der Waals surface area contributed by atoms with E-state index in [2.05, 4.69) is 20.1 Å². The van der Waals surface area contributed by atoms with Crippen LogP contribution in [0.1, 0.15) is 24.9 Å². The Hall–Kier alpha value is -3.56. The molecule has 7 atom stereocenters. The van der Waals surface area contributed by atoms with Crippen LogP contribution in [-0.2, 0) is 14.4 Å². The van der Waals surface area contributed by atoms with Crippen molar-refractivity contribution >= 4 is 35.2 Å². The lowest BCUT2D eigenvalue weighted by atomic mass is 9.65. The van der Waals surface area contributed by atoms with E-state index in [1.807, 2.05) is 42.5 Å². The van der Waals surface area contributed by atoms with Gasteiger partial charge in [0, 0.05) is 31.1 Å². The third kappa shape index (κ3) is 4.63. The maximum Gasteiger partial charge on any atom is 0.251 e. The quantitative estimate of drug-likeness (QED) is 0.400. The van der Waals surface area contributed by atoms with Crippen LogP contribution in [0, 0.1) is 17.8 Å². The lowest BCUT2D eigenvalue weighted by molar-refractivity contribution is -0.145. The zero-order valence-electron chi connectivity index (χ0n) is 24.4. The summed E-state index contributed by atoms with van der Waals surface area (Å²) in [5.74, 6) is -1.21. The van der Waals surface area contributed by atoms with Crippen LogP contribution in [0.3, 0.4) is 0 Å². The molecule has 3 aliphatic rings. The Kier molecular flexibility index (Phi) is 8.53. The maximum absolute atomic E-state index is 14.9. The fraction of sp³-hybridized carbons (Fsp3) is 0.424. The molecule has 1 N–H and O–H groups in total. The van der Waals surface area contributed by atoms with Gasteiger partial charge in [0.05, 0.1) is 36.3 Å². The molecule has 9 heteroatoms. The van der Waals surface area contributed by atoms with E-state index in [0.717, 1.165) is 12.0 Å². The first kappa shape index (κ1) is 29.9. The Morgan fingerprint density at radius 3 is 2.38 bits per heavy atom. The van der Waals surface area contributed by atoms with Gasteiger partial charge in [0.25, 0.3) is 5.91 Å². The summed E-state index contributed by atoms with van der Waals surface area (Å²) in [6, 6.07) is 14.9. The second-order valence-electron chi connectivity index (χ2n) is 11.4. The number of rotatable bonds is 11. The summed E-state index contributed by atoms with van der Waals surface area (Å²) in [4.78, 5) is 48.3. The Labute approximate surface area is 252 Å². The van der Waals surface area contributed by atoms with Crippen LogP contribution < -0.4 is 9.64 Å². The zero-order chi connectivity index (χ0) is 30.2. The molecule has 0 aromatic heterocycles. The fourth-order valence-corrected chi connectivity index (χ4v) is 9.68. The van der Waals surface area contributed by atoms with E-state index in [1.165, 1.54) is 0 Å². The fourth-order valence-electron chi connectivity index (χ4n) is 7.29. The summed E-state index contributed by atoms with van der Waals surface area (Å²) < 4.78 is 4.50. The van der Waals surface area contributed by atoms with Gasteiger partial charge < -0.3 is 24.5 Å². The topological polar surface area (TPSA) is 90.4 Å². The van der Waals surface area contributed by atoms with Gasteiger partial charge in [-0.1, -0.05) is 49.4 Å². The zero-order valence-corrected chi connectivity index (χ0v) is 25.2. The Morgan fingerprint density at radius 1 is 1.12 bits per heavy atom. The number of hydrogen-bond acceptors (Lipinski definition) is 6. The standard InChI is InChI=1S/C33H39N3O5S/c1-6-17-34(4)30(38)27-26-19-21(3)33(42-26)28(27)31(39)36(25(20-37)22-11-9-8-10-12-22)29(33)32(40)35(18-7-2)23-13-15-24(41-5)16-14-23/h6-16,21,25-29,37H,1-2,17-20H2,3-5H3/t21?,25-,26-,27+,28+,29?,33?/m1/s1. The van der Waals surface area contributed by atoms with Crippen LogP contribution in [0.5, 0.6) is 5.75 Å². The van der Waals surface area contributed by atoms with Gasteiger partial charge in [-0.05, 0) is 42.2 Å². The third-order valence-electron chi connectivity index (χ3n) is 9.14. The molecule has 2 aromatic rings. The van der Waals surface area contributed by atoms with Crippen molar-refractivity contribution in [2.24, 2.45) is 17.8 Å². The summed E-state index contributed by atoms with van der Waals surface area (Å²) in [6.07, 6.45) is 4.06. The summed E-state index contributed by atoms with van der Waals surface area (Å²) in [5.41, 5.74) is 1.39. The number of thioether (sulfide) groups is 1. The number of ether oxygens (including phenoxy) is 1. The molecular weight excluding hydrogens is 550 g/mol. The molecule has 1 spiro atoms. The minimum atomic E-state index is -0.901. The van der Waals surface area contributed by atoms with E-state index in [0.29, 0.717) is 18.0 Å². The van der Waals surface area contributed by atoms with Crippen molar-refractivity contribution in [1.82, 2.24) is 9.80 Å². The van der Waals surface area contributed by atoms with Crippen LogP contribution >= 0.6 is 11.8 Å². The van der Waals surface area contributed by atoms with Crippen LogP contribution in [0.15, 0.2) is 79.9 Å². The molecule has 2 bridgehead atoms. The van der Waals surface area contributed by atoms with Gasteiger partial charge in [-0.3, -0.25) is 14.4 Å². The molecule has 0 radical (unpaired) electrons. The first-order valence-corrected chi connectivity index (χ1v) is 15.2. The van der Waals surface area contributed by atoms with Crippen molar-refractivity contribution in [1.29, 1.82) is 0 Å². The van der Waals surface area contributed by atoms with Gasteiger partial charge in [-0.15, -0.1) is 24.9 Å². The molecule has 222 valence electrons. The van der Waals surface area contributed by atoms with Crippen molar-refractivity contribution in [3.05, 3.63) is 85.5 Å². The van der Waals surface area contributed by atoms with Crippen molar-refractivity contribution in [2.45, 2.75) is 35.4 Å². The van der Waals surface area contributed by atoms with Crippen molar-refractivity contribution in [3.63, 3.8) is 0 Å². The Morgan fingerprint density at radius 2 is 1.79 bits per heavy atom. The van der Waals surface area contributed by atoms with E-state index < -0.39 is 28.7 Å². The van der Waals surface area contributed by atoms with E-state index in [1.54, 1.807) is 64.9 Å². The maximum atomic E-state index is 14.9. The van der Waals surface area contributed by atoms with E-state index in [4.69, 9.17) is 4.74 Å². The molecule has 8 nitrogen and oxygen atoms in total. The number of carbonyl (C=O) groups is 3. The molecule has 5 rings (SSSR count). The van der Waals surface area contributed by atoms with Crippen molar-refractivity contribution in [3.8, 4) is 5.75 Å². The molecule has 3 fully saturated rings. The summed E-state index contributed by atoms with van der Waals surface area (Å²) in [6.45, 7) is 10.0. The second-order valence-corrected chi connectivity index (χ2v) is 12.9. The molecule has 3 aliphatic heterocycles. The second kappa shape index (κ2) is 12.0. The first-order valence-electron chi connectivity index (χ1n) is 14.3. The first-order chi connectivity index (χ1) is 20.2. The van der Waals surface area contributed by atoms with Gasteiger partial charge in [0.1, 0.15) is 11.8 Å². The van der Waals surface area contributed by atoms with Gasteiger partial charge in [0.2, 0.25) is 11.8 Å². The normalized spacial score (nSPS) is 28.2. The monoisotopic (exact) mass is 589 g/mol. The number of aliphatic hydroxyl groups excluding tert-OH is 1. The largest absolute Gasteiger partial charge is 0.497 e. The molecular formula is C33H39N3O5S. The number of carbonyl (C=O) groups excluding carboxylic acids is 3. The van der Waals surface area contributed by atoms with Crippen LogP contribution in [0.25, 0.3) is 0 Å². The van der Waals surface area contributed by atoms with E-state index in [9.17, 15) is 19.5 Å². The highest BCUT2D eigenvalue weighted by Crippen LogP contribution is 2.69. The highest BCUT2D eigenvalue weighted by Gasteiger charge is 2.77. The van der Waals surface area contributed by atoms with Crippen LogP contribution in [-0.4, -0.2) is 82.5 Å². The third-order valence-corrected chi connectivity index (χ3v) is 11.2. The molecule has 0 saturated carbocycles. The summed E-state index contributed by atoms with van der Waals surface area (Å²) in [5, 5.41) is 10.7. The number of anilines is 1. The number of benzene rings is 2. The minimum Gasteiger partial charge on any atom is -0.497 e. The summed E-state index contributed by atoms with van der Waals surface area (Å²) >= 11 is 1.62. The highest BCUT2D eigenvalue weighted by molar-refractivity contribution is 8.02. The van der Waals surface area contributed by atoms with Gasteiger partial charge in [-0.25, -0.2) is 0 Å². The van der Waals surface area contributed by atoms with Gasteiger partial charge in [0.15, 0.2) is 0 Å². The number of likely N-dealkylation sites (tertiary alicyclic amines) is 1. The molecule has 3 amide bonds. The van der Waals surface area contributed by atoms with E-state index in [-0.39, 0.29) is 42.0 Å². The lowest BCUT2D eigenvalue weighted by Gasteiger charge is -2.42. The number of nitrogens with zero attached hydrogens (tertiary/aromatic N) is 3. The molecule has 42 heavy (non-hydrogen) atoms. The van der Waals surface area contributed by atoms with Crippen molar-refractivity contribution in [2.75, 3.05) is 38.8 Å². The van der Waals surface area contributed by atoms with E-state index >= 15 is 0 Å². The predicted molar refractivity (Wildman–Crippen MR) is 165 cm³/mol. The smallest absolute Gasteiger partial charge is 0.251 e. The number of amides is 3. The van der Waals surface area contributed by atoms with Crippen LogP contribution in [0.4, 0.5) is 5.69 Å². The molecule has 3 unspecified atom stereocenters. The summed E-state index contributed by atoms with van der Waals surface area (Å²) in [7, 11) is 3.31. The van der Waals surface area contributed by atoms with Gasteiger partial charge in [-0.2, -0.15) is 0 Å². The molecule has 0 aliphatic carbocycles. The SMILES string of the molecule is C=CCN(C)C(=O)[C@@H]1[C@H]2C(=O)N([C@H](CO)c3ccccc3)C(C(=O)N(CC=C)c3ccc(OC)cc3)C23S[C@@H]1CC3C. The Balaban J connectivity index is 1.66. The number of methoxy groups -OCH3 is 1. The number of likely N-dealkylation sites (N-methyl/N-ethyl adjacent to an activating group) is 1. The predicted octanol–water partition coefficient (Wildman–Crippen LogP) is 3.93. The molecule has 2 aromatic carbocycles. The average molecular weight is 590 g/mol. The molecule has 3 saturated heterocycles. The number of fused-ring (bicyclic) bond motifs is 1. The molecule has 3 heterocycles. The Bertz CT molecular complexity index is 1350. The van der Waals surface area contributed by atoms with Crippen molar-refractivity contribution < 1.29 is 24.2 Å². The number of hydrogen-bond donors (Lipinski definition) is 1. The number of aliphatic hydroxyl groups is 1. The lowest BCUT2D eigenvalue weighted by Crippen LogP contribution is -2.58.